The van der Waals surface area contributed by atoms with Gasteiger partial charge in [-0.3, -0.25) is 0 Å². The van der Waals surface area contributed by atoms with Crippen molar-refractivity contribution in [3.05, 3.63) is 24.1 Å². The van der Waals surface area contributed by atoms with Gasteiger partial charge in [-0.15, -0.1) is 6.42 Å². The number of ether oxygens (including phenoxy) is 1. The van der Waals surface area contributed by atoms with E-state index in [0.717, 1.165) is 0 Å². The van der Waals surface area contributed by atoms with Crippen LogP contribution in [0.3, 0.4) is 0 Å². The van der Waals surface area contributed by atoms with E-state index in [1.165, 1.54) is 6.07 Å². The van der Waals surface area contributed by atoms with Crippen molar-refractivity contribution in [2.75, 3.05) is 0 Å². The van der Waals surface area contributed by atoms with Crippen LogP contribution in [0.15, 0.2) is 18.2 Å². The van der Waals surface area contributed by atoms with Crippen molar-refractivity contribution in [2.45, 2.75) is 32.8 Å². The maximum atomic E-state index is 12.9. The lowest BCUT2D eigenvalue weighted by Crippen LogP contribution is -2.32. The van der Waals surface area contributed by atoms with Gasteiger partial charge in [-0.2, -0.15) is 9.37 Å². The molecule has 86 valence electrons. The number of nitrogens with zero attached hydrogens (tertiary/aromatic N) is 1. The predicted molar refractivity (Wildman–Crippen MR) is 61.5 cm³/mol. The SMILES string of the molecule is C#CC(C)(CC(C)C)Oc1cccc(F)n1. The Hall–Kier alpha value is -1.56. The van der Waals surface area contributed by atoms with Crippen LogP contribution < -0.4 is 4.74 Å². The van der Waals surface area contributed by atoms with E-state index in [4.69, 9.17) is 11.2 Å². The minimum absolute atomic E-state index is 0.223. The van der Waals surface area contributed by atoms with Gasteiger partial charge < -0.3 is 4.74 Å². The highest BCUT2D eigenvalue weighted by Crippen LogP contribution is 2.22. The molecule has 0 fully saturated rings. The third-order valence-corrected chi connectivity index (χ3v) is 2.12. The average molecular weight is 221 g/mol. The van der Waals surface area contributed by atoms with Crippen molar-refractivity contribution in [3.63, 3.8) is 0 Å². The molecule has 1 rings (SSSR count). The van der Waals surface area contributed by atoms with E-state index in [2.05, 4.69) is 24.8 Å². The summed E-state index contributed by atoms with van der Waals surface area (Å²) < 4.78 is 18.4. The maximum absolute atomic E-state index is 12.9. The van der Waals surface area contributed by atoms with E-state index >= 15 is 0 Å². The first kappa shape index (κ1) is 12.5. The molecule has 1 unspecified atom stereocenters. The molecule has 0 aliphatic carbocycles. The largest absolute Gasteiger partial charge is 0.458 e. The van der Waals surface area contributed by atoms with Crippen LogP contribution in [0, 0.1) is 24.2 Å². The van der Waals surface area contributed by atoms with Gasteiger partial charge in [0.05, 0.1) is 0 Å². The molecule has 16 heavy (non-hydrogen) atoms. The van der Waals surface area contributed by atoms with E-state index in [0.29, 0.717) is 12.3 Å². The standard InChI is InChI=1S/C13H16FNO/c1-5-13(4,9-10(2)3)16-12-8-6-7-11(14)15-12/h1,6-8,10H,9H2,2-4H3. The monoisotopic (exact) mass is 221 g/mol. The van der Waals surface area contributed by atoms with E-state index in [-0.39, 0.29) is 5.88 Å². The summed E-state index contributed by atoms with van der Waals surface area (Å²) in [6.07, 6.45) is 6.14. The van der Waals surface area contributed by atoms with Gasteiger partial charge in [-0.05, 0) is 18.9 Å². The Bertz CT molecular complexity index is 397. The zero-order valence-electron chi connectivity index (χ0n) is 9.83. The van der Waals surface area contributed by atoms with Crippen molar-refractivity contribution >= 4 is 0 Å². The molecule has 1 aromatic rings. The number of pyridine rings is 1. The second-order valence-electron chi connectivity index (χ2n) is 4.37. The third-order valence-electron chi connectivity index (χ3n) is 2.12. The molecule has 0 spiro atoms. The molecular weight excluding hydrogens is 205 g/mol. The van der Waals surface area contributed by atoms with Crippen molar-refractivity contribution in [1.82, 2.24) is 4.98 Å². The number of aromatic nitrogens is 1. The summed E-state index contributed by atoms with van der Waals surface area (Å²) in [5, 5.41) is 0. The normalized spacial score (nSPS) is 14.2. The minimum Gasteiger partial charge on any atom is -0.458 e. The molecule has 0 bridgehead atoms. The molecule has 0 amide bonds. The molecule has 2 nitrogen and oxygen atoms in total. The Morgan fingerprint density at radius 3 is 2.75 bits per heavy atom. The van der Waals surface area contributed by atoms with E-state index < -0.39 is 11.5 Å². The van der Waals surface area contributed by atoms with Gasteiger partial charge in [0.15, 0.2) is 5.60 Å². The number of hydrogen-bond acceptors (Lipinski definition) is 2. The minimum atomic E-state index is -0.741. The summed E-state index contributed by atoms with van der Waals surface area (Å²) in [6.45, 7) is 5.91. The first-order valence-electron chi connectivity index (χ1n) is 5.24. The van der Waals surface area contributed by atoms with Gasteiger partial charge in [0, 0.05) is 12.5 Å². The highest BCUT2D eigenvalue weighted by atomic mass is 19.1. The summed E-state index contributed by atoms with van der Waals surface area (Å²) in [5.41, 5.74) is -0.741. The average Bonchev–Trinajstić information content (AvgIpc) is 2.16. The molecule has 0 radical (unpaired) electrons. The highest BCUT2D eigenvalue weighted by Gasteiger charge is 2.25. The van der Waals surface area contributed by atoms with E-state index in [1.54, 1.807) is 19.1 Å². The van der Waals surface area contributed by atoms with Crippen molar-refractivity contribution in [2.24, 2.45) is 5.92 Å². The molecule has 0 saturated carbocycles. The van der Waals surface area contributed by atoms with Crippen LogP contribution in [0.5, 0.6) is 5.88 Å². The number of terminal acetylenes is 1. The first-order valence-corrected chi connectivity index (χ1v) is 5.24. The zero-order chi connectivity index (χ0) is 12.2. The van der Waals surface area contributed by atoms with Crippen molar-refractivity contribution in [3.8, 4) is 18.2 Å². The maximum Gasteiger partial charge on any atom is 0.217 e. The fourth-order valence-electron chi connectivity index (χ4n) is 1.59. The Kier molecular flexibility index (Phi) is 3.89. The summed E-state index contributed by atoms with van der Waals surface area (Å²) in [6, 6.07) is 4.41. The lowest BCUT2D eigenvalue weighted by molar-refractivity contribution is 0.117. The van der Waals surface area contributed by atoms with Crippen LogP contribution in [0.1, 0.15) is 27.2 Å². The smallest absolute Gasteiger partial charge is 0.217 e. The quantitative estimate of drug-likeness (QED) is 0.576. The molecule has 0 aromatic carbocycles. The van der Waals surface area contributed by atoms with E-state index in [9.17, 15) is 4.39 Å². The van der Waals surface area contributed by atoms with Gasteiger partial charge in [-0.25, -0.2) is 0 Å². The lowest BCUT2D eigenvalue weighted by Gasteiger charge is -2.26. The molecule has 1 heterocycles. The van der Waals surface area contributed by atoms with Gasteiger partial charge >= 0.3 is 0 Å². The fraction of sp³-hybridized carbons (Fsp3) is 0.462. The third kappa shape index (κ3) is 3.54. The second-order valence-corrected chi connectivity index (χ2v) is 4.37. The van der Waals surface area contributed by atoms with Gasteiger partial charge in [0.2, 0.25) is 11.8 Å². The molecular formula is C13H16FNO. The Labute approximate surface area is 95.8 Å². The zero-order valence-corrected chi connectivity index (χ0v) is 9.83. The van der Waals surface area contributed by atoms with Crippen LogP contribution in [-0.4, -0.2) is 10.6 Å². The number of rotatable bonds is 4. The van der Waals surface area contributed by atoms with Crippen molar-refractivity contribution < 1.29 is 9.13 Å². The Morgan fingerprint density at radius 2 is 2.25 bits per heavy atom. The first-order chi connectivity index (χ1) is 7.45. The predicted octanol–water partition coefficient (Wildman–Crippen LogP) is 3.04. The van der Waals surface area contributed by atoms with Crippen LogP contribution >= 0.6 is 0 Å². The topological polar surface area (TPSA) is 22.1 Å². The summed E-state index contributed by atoms with van der Waals surface area (Å²) >= 11 is 0. The van der Waals surface area contributed by atoms with Crippen molar-refractivity contribution in [1.29, 1.82) is 0 Å². The molecule has 0 aliphatic rings. The van der Waals surface area contributed by atoms with Crippen LogP contribution in [0.4, 0.5) is 4.39 Å². The number of hydrogen-bond donors (Lipinski definition) is 0. The van der Waals surface area contributed by atoms with Crippen LogP contribution in [-0.2, 0) is 0 Å². The number of halogens is 1. The summed E-state index contributed by atoms with van der Waals surface area (Å²) in [4.78, 5) is 3.63. The molecule has 1 atom stereocenters. The lowest BCUT2D eigenvalue weighted by atomic mass is 9.95. The van der Waals surface area contributed by atoms with Gasteiger partial charge in [0.1, 0.15) is 0 Å². The second kappa shape index (κ2) is 4.98. The van der Waals surface area contributed by atoms with Gasteiger partial charge in [-0.1, -0.05) is 25.8 Å². The summed E-state index contributed by atoms with van der Waals surface area (Å²) in [5.74, 6) is 2.65. The Balaban J connectivity index is 2.81. The fourth-order valence-corrected chi connectivity index (χ4v) is 1.59. The molecule has 3 heteroatoms. The summed E-state index contributed by atoms with van der Waals surface area (Å²) in [7, 11) is 0. The van der Waals surface area contributed by atoms with Crippen LogP contribution in [0.25, 0.3) is 0 Å². The molecule has 0 N–H and O–H groups in total. The molecule has 1 aromatic heterocycles. The highest BCUT2D eigenvalue weighted by molar-refractivity contribution is 5.16. The van der Waals surface area contributed by atoms with E-state index in [1.807, 2.05) is 0 Å². The van der Waals surface area contributed by atoms with Gasteiger partial charge in [0.25, 0.3) is 0 Å². The molecule has 0 saturated heterocycles. The van der Waals surface area contributed by atoms with Crippen LogP contribution in [0.2, 0.25) is 0 Å². The molecule has 0 aliphatic heterocycles. The Morgan fingerprint density at radius 1 is 1.56 bits per heavy atom.